The molecule has 1 aliphatic rings. The number of benzene rings is 2. The Labute approximate surface area is 192 Å². The molecule has 9 heteroatoms. The molecular formula is C24H28N2O7. The number of carbonyl (C=O) groups is 3. The number of aliphatic carboxylic acids is 1. The molecule has 2 amide bonds. The number of rotatable bonds is 11. The largest absolute Gasteiger partial charge is 0.480 e. The molecule has 0 heterocycles. The maximum absolute atomic E-state index is 12.6. The highest BCUT2D eigenvalue weighted by Crippen LogP contribution is 2.44. The zero-order valence-corrected chi connectivity index (χ0v) is 18.6. The van der Waals surface area contributed by atoms with E-state index in [1.165, 1.54) is 14.2 Å². The first-order valence-corrected chi connectivity index (χ1v) is 10.6. The van der Waals surface area contributed by atoms with Gasteiger partial charge in [-0.1, -0.05) is 48.5 Å². The summed E-state index contributed by atoms with van der Waals surface area (Å²) in [6, 6.07) is 13.7. The highest BCUT2D eigenvalue weighted by molar-refractivity contribution is 5.89. The van der Waals surface area contributed by atoms with Crippen LogP contribution < -0.4 is 10.6 Å². The topological polar surface area (TPSA) is 123 Å². The Hall–Kier alpha value is -3.43. The van der Waals surface area contributed by atoms with Crippen LogP contribution in [0.1, 0.15) is 23.5 Å². The van der Waals surface area contributed by atoms with Crippen molar-refractivity contribution in [3.8, 4) is 11.1 Å². The molecule has 3 N–H and O–H groups in total. The van der Waals surface area contributed by atoms with Crippen molar-refractivity contribution >= 4 is 18.0 Å². The van der Waals surface area contributed by atoms with Gasteiger partial charge in [0.2, 0.25) is 5.91 Å². The molecule has 0 spiro atoms. The van der Waals surface area contributed by atoms with Gasteiger partial charge in [-0.05, 0) is 22.3 Å². The van der Waals surface area contributed by atoms with Gasteiger partial charge in [0.15, 0.2) is 6.04 Å². The number of alkyl carbamates (subject to hydrolysis) is 1. The van der Waals surface area contributed by atoms with Crippen molar-refractivity contribution in [2.45, 2.75) is 24.4 Å². The van der Waals surface area contributed by atoms with E-state index in [1.807, 2.05) is 48.5 Å². The van der Waals surface area contributed by atoms with E-state index >= 15 is 0 Å². The van der Waals surface area contributed by atoms with Crippen LogP contribution in [0, 0.1) is 0 Å². The number of ether oxygens (including phenoxy) is 3. The Morgan fingerprint density at radius 3 is 2.06 bits per heavy atom. The van der Waals surface area contributed by atoms with Crippen molar-refractivity contribution < 1.29 is 33.7 Å². The zero-order valence-electron chi connectivity index (χ0n) is 18.6. The van der Waals surface area contributed by atoms with E-state index in [4.69, 9.17) is 14.2 Å². The summed E-state index contributed by atoms with van der Waals surface area (Å²) >= 11 is 0. The molecule has 2 atom stereocenters. The summed E-state index contributed by atoms with van der Waals surface area (Å²) in [5.41, 5.74) is 4.36. The molecule has 0 aromatic heterocycles. The monoisotopic (exact) mass is 456 g/mol. The van der Waals surface area contributed by atoms with Crippen LogP contribution in [0.5, 0.6) is 0 Å². The van der Waals surface area contributed by atoms with Crippen LogP contribution in [-0.2, 0) is 23.8 Å². The van der Waals surface area contributed by atoms with Crippen LogP contribution in [0.3, 0.4) is 0 Å². The van der Waals surface area contributed by atoms with Crippen LogP contribution in [0.4, 0.5) is 4.79 Å². The average Bonchev–Trinajstić information content (AvgIpc) is 3.13. The number of hydrogen-bond donors (Lipinski definition) is 3. The van der Waals surface area contributed by atoms with E-state index in [0.29, 0.717) is 0 Å². The summed E-state index contributed by atoms with van der Waals surface area (Å²) < 4.78 is 15.3. The molecule has 0 saturated carbocycles. The van der Waals surface area contributed by atoms with Gasteiger partial charge < -0.3 is 30.0 Å². The number of methoxy groups -OCH3 is 2. The van der Waals surface area contributed by atoms with Gasteiger partial charge in [0.25, 0.3) is 0 Å². The number of hydrogen-bond acceptors (Lipinski definition) is 6. The van der Waals surface area contributed by atoms with Crippen LogP contribution in [0.25, 0.3) is 11.1 Å². The number of carbonyl (C=O) groups excluding carboxylic acids is 2. The minimum Gasteiger partial charge on any atom is -0.480 e. The standard InChI is InChI=1S/C24H28N2O7/c1-31-12-11-20(22(27)25-21(14-32-2)23(28)29)26-24(30)33-13-19-17-9-5-3-7-15(17)16-8-4-6-10-18(16)19/h3-10,19-21H,11-14H2,1-2H3,(H,25,27)(H,26,30)(H,28,29)/t20?,21-/m0/s1. The molecule has 33 heavy (non-hydrogen) atoms. The molecule has 176 valence electrons. The Kier molecular flexibility index (Phi) is 8.39. The first-order chi connectivity index (χ1) is 16.0. The Morgan fingerprint density at radius 1 is 0.909 bits per heavy atom. The average molecular weight is 456 g/mol. The van der Waals surface area contributed by atoms with Crippen molar-refractivity contribution in [3.63, 3.8) is 0 Å². The van der Waals surface area contributed by atoms with Gasteiger partial charge in [0, 0.05) is 33.2 Å². The minimum absolute atomic E-state index is 0.0971. The summed E-state index contributed by atoms with van der Waals surface area (Å²) in [5, 5.41) is 14.1. The fourth-order valence-corrected chi connectivity index (χ4v) is 3.90. The van der Waals surface area contributed by atoms with E-state index in [2.05, 4.69) is 10.6 Å². The SMILES string of the molecule is COCCC(NC(=O)OCC1c2ccccc2-c2ccccc21)C(=O)N[C@@H](COC)C(=O)O. The second-order valence-corrected chi connectivity index (χ2v) is 7.66. The lowest BCUT2D eigenvalue weighted by molar-refractivity contribution is -0.143. The molecule has 9 nitrogen and oxygen atoms in total. The van der Waals surface area contributed by atoms with Crippen LogP contribution >= 0.6 is 0 Å². The van der Waals surface area contributed by atoms with E-state index < -0.39 is 30.1 Å². The van der Waals surface area contributed by atoms with E-state index in [0.717, 1.165) is 22.3 Å². The van der Waals surface area contributed by atoms with Crippen molar-refractivity contribution in [2.75, 3.05) is 34.0 Å². The highest BCUT2D eigenvalue weighted by atomic mass is 16.5. The molecule has 0 aliphatic heterocycles. The number of carboxylic acid groups (broad SMARTS) is 1. The maximum atomic E-state index is 12.6. The number of fused-ring (bicyclic) bond motifs is 3. The van der Waals surface area contributed by atoms with Gasteiger partial charge in [-0.3, -0.25) is 4.79 Å². The third kappa shape index (κ3) is 5.88. The normalized spacial score (nSPS) is 14.0. The lowest BCUT2D eigenvalue weighted by Crippen LogP contribution is -2.53. The Balaban J connectivity index is 1.65. The van der Waals surface area contributed by atoms with Crippen molar-refractivity contribution in [1.82, 2.24) is 10.6 Å². The number of amides is 2. The fraction of sp³-hybridized carbons (Fsp3) is 0.375. The molecule has 0 bridgehead atoms. The van der Waals surface area contributed by atoms with Crippen LogP contribution in [-0.4, -0.2) is 69.2 Å². The summed E-state index contributed by atoms with van der Waals surface area (Å²) in [4.78, 5) is 36.5. The van der Waals surface area contributed by atoms with Gasteiger partial charge in [-0.15, -0.1) is 0 Å². The maximum Gasteiger partial charge on any atom is 0.407 e. The zero-order chi connectivity index (χ0) is 23.8. The van der Waals surface area contributed by atoms with Crippen LogP contribution in [0.15, 0.2) is 48.5 Å². The van der Waals surface area contributed by atoms with Gasteiger partial charge >= 0.3 is 12.1 Å². The Bertz CT molecular complexity index is 949. The number of carboxylic acids is 1. The number of nitrogens with one attached hydrogen (secondary N) is 2. The molecule has 0 saturated heterocycles. The van der Waals surface area contributed by atoms with Gasteiger partial charge in [0.05, 0.1) is 6.61 Å². The highest BCUT2D eigenvalue weighted by Gasteiger charge is 2.30. The van der Waals surface area contributed by atoms with Crippen LogP contribution in [0.2, 0.25) is 0 Å². The molecule has 2 aromatic carbocycles. The summed E-state index contributed by atoms with van der Waals surface area (Å²) in [7, 11) is 2.80. The molecule has 1 aliphatic carbocycles. The molecule has 0 fully saturated rings. The van der Waals surface area contributed by atoms with Crippen molar-refractivity contribution in [3.05, 3.63) is 59.7 Å². The summed E-state index contributed by atoms with van der Waals surface area (Å²) in [6.07, 6.45) is -0.627. The van der Waals surface area contributed by atoms with E-state index in [9.17, 15) is 19.5 Å². The van der Waals surface area contributed by atoms with Crippen molar-refractivity contribution in [2.24, 2.45) is 0 Å². The third-order valence-corrected chi connectivity index (χ3v) is 5.51. The smallest absolute Gasteiger partial charge is 0.407 e. The van der Waals surface area contributed by atoms with E-state index in [1.54, 1.807) is 0 Å². The van der Waals surface area contributed by atoms with E-state index in [-0.39, 0.29) is 32.2 Å². The first kappa shape index (κ1) is 24.2. The minimum atomic E-state index is -1.24. The van der Waals surface area contributed by atoms with Gasteiger partial charge in [0.1, 0.15) is 12.6 Å². The lowest BCUT2D eigenvalue weighted by Gasteiger charge is -2.21. The molecule has 2 aromatic rings. The Morgan fingerprint density at radius 2 is 1.52 bits per heavy atom. The second kappa shape index (κ2) is 11.4. The molecular weight excluding hydrogens is 428 g/mol. The molecule has 0 radical (unpaired) electrons. The van der Waals surface area contributed by atoms with Gasteiger partial charge in [-0.25, -0.2) is 9.59 Å². The predicted molar refractivity (Wildman–Crippen MR) is 120 cm³/mol. The first-order valence-electron chi connectivity index (χ1n) is 10.6. The quantitative estimate of drug-likeness (QED) is 0.473. The summed E-state index contributed by atoms with van der Waals surface area (Å²) in [5.74, 6) is -2.02. The lowest BCUT2D eigenvalue weighted by atomic mass is 9.98. The predicted octanol–water partition coefficient (Wildman–Crippen LogP) is 2.15. The van der Waals surface area contributed by atoms with Crippen molar-refractivity contribution in [1.29, 1.82) is 0 Å². The second-order valence-electron chi connectivity index (χ2n) is 7.66. The fourth-order valence-electron chi connectivity index (χ4n) is 3.90. The summed E-state index contributed by atoms with van der Waals surface area (Å²) in [6.45, 7) is 0.0761. The molecule has 1 unspecified atom stereocenters. The van der Waals surface area contributed by atoms with Gasteiger partial charge in [-0.2, -0.15) is 0 Å². The third-order valence-electron chi connectivity index (χ3n) is 5.51. The molecule has 3 rings (SSSR count).